The number of hydrogen-bond acceptors (Lipinski definition) is 5. The van der Waals surface area contributed by atoms with Gasteiger partial charge in [0.25, 0.3) is 5.91 Å². The summed E-state index contributed by atoms with van der Waals surface area (Å²) < 4.78 is 1.03. The smallest absolute Gasteiger partial charge is 0.268 e. The van der Waals surface area contributed by atoms with Crippen molar-refractivity contribution in [3.8, 4) is 11.8 Å². The van der Waals surface area contributed by atoms with Crippen LogP contribution < -0.4 is 5.32 Å². The molecule has 0 atom stereocenters. The number of carbonyl (C=O) groups is 1. The van der Waals surface area contributed by atoms with Crippen molar-refractivity contribution in [1.82, 2.24) is 4.98 Å². The number of rotatable bonds is 2. The minimum absolute atomic E-state index is 0.227. The van der Waals surface area contributed by atoms with Gasteiger partial charge in [0.1, 0.15) is 11.5 Å². The lowest BCUT2D eigenvalue weighted by atomic mass is 10.2. The Kier molecular flexibility index (Phi) is 3.97. The Balaban J connectivity index is 1.84. The summed E-state index contributed by atoms with van der Waals surface area (Å²) in [7, 11) is 0. The fraction of sp³-hybridized carbons (Fsp3) is 0.0667. The highest BCUT2D eigenvalue weighted by molar-refractivity contribution is 7.22. The van der Waals surface area contributed by atoms with Gasteiger partial charge in [0, 0.05) is 5.56 Å². The lowest BCUT2D eigenvalue weighted by Gasteiger charge is -1.99. The Labute approximate surface area is 129 Å². The molecule has 3 rings (SSSR count). The van der Waals surface area contributed by atoms with Gasteiger partial charge in [0.15, 0.2) is 5.13 Å². The molecule has 0 aliphatic carbocycles. The van der Waals surface area contributed by atoms with Gasteiger partial charge in [-0.25, -0.2) is 4.98 Å². The van der Waals surface area contributed by atoms with Crippen molar-refractivity contribution in [1.29, 1.82) is 0 Å². The van der Waals surface area contributed by atoms with Gasteiger partial charge >= 0.3 is 0 Å². The Hall–Kier alpha value is -2.20. The molecular formula is C15H10N2O2S2. The molecule has 0 aliphatic heterocycles. The Morgan fingerprint density at radius 1 is 1.33 bits per heavy atom. The maximum Gasteiger partial charge on any atom is 0.268 e. The number of anilines is 1. The van der Waals surface area contributed by atoms with Crippen LogP contribution in [0.4, 0.5) is 5.13 Å². The van der Waals surface area contributed by atoms with Gasteiger partial charge in [-0.3, -0.25) is 10.1 Å². The topological polar surface area (TPSA) is 62.2 Å². The van der Waals surface area contributed by atoms with E-state index in [4.69, 9.17) is 5.11 Å². The molecule has 0 spiro atoms. The van der Waals surface area contributed by atoms with Gasteiger partial charge in [-0.1, -0.05) is 35.3 Å². The number of aromatic nitrogens is 1. The van der Waals surface area contributed by atoms with Crippen molar-refractivity contribution in [2.75, 3.05) is 11.9 Å². The molecule has 2 heterocycles. The lowest BCUT2D eigenvalue weighted by molar-refractivity contribution is 0.103. The first-order valence-electron chi connectivity index (χ1n) is 6.12. The average molecular weight is 314 g/mol. The lowest BCUT2D eigenvalue weighted by Crippen LogP contribution is -2.11. The molecule has 104 valence electrons. The zero-order valence-electron chi connectivity index (χ0n) is 10.8. The second kappa shape index (κ2) is 6.06. The zero-order chi connectivity index (χ0) is 14.7. The first-order chi connectivity index (χ1) is 10.3. The maximum atomic E-state index is 12.3. The third kappa shape index (κ3) is 2.95. The molecule has 0 saturated heterocycles. The van der Waals surface area contributed by atoms with E-state index in [-0.39, 0.29) is 12.5 Å². The summed E-state index contributed by atoms with van der Waals surface area (Å²) in [6, 6.07) is 9.49. The molecular weight excluding hydrogens is 304 g/mol. The van der Waals surface area contributed by atoms with E-state index in [0.29, 0.717) is 15.6 Å². The Morgan fingerprint density at radius 3 is 3.00 bits per heavy atom. The first-order valence-corrected chi connectivity index (χ1v) is 7.81. The predicted octanol–water partition coefficient (Wildman–Crippen LogP) is 2.95. The molecule has 0 bridgehead atoms. The normalized spacial score (nSPS) is 10.1. The molecule has 4 nitrogen and oxygen atoms in total. The number of thiazole rings is 1. The van der Waals surface area contributed by atoms with Gasteiger partial charge in [0.2, 0.25) is 0 Å². The van der Waals surface area contributed by atoms with Crippen LogP contribution in [0, 0.1) is 11.8 Å². The molecule has 2 aromatic heterocycles. The van der Waals surface area contributed by atoms with E-state index in [1.807, 2.05) is 24.3 Å². The third-order valence-electron chi connectivity index (χ3n) is 2.69. The number of amides is 1. The highest BCUT2D eigenvalue weighted by Crippen LogP contribution is 2.26. The van der Waals surface area contributed by atoms with Crippen LogP contribution in [0.2, 0.25) is 0 Å². The fourth-order valence-corrected chi connectivity index (χ4v) is 3.40. The molecule has 0 aliphatic rings. The van der Waals surface area contributed by atoms with E-state index >= 15 is 0 Å². The number of aliphatic hydroxyl groups is 1. The molecule has 2 N–H and O–H groups in total. The van der Waals surface area contributed by atoms with E-state index in [0.717, 1.165) is 10.2 Å². The van der Waals surface area contributed by atoms with Crippen molar-refractivity contribution < 1.29 is 9.90 Å². The van der Waals surface area contributed by atoms with Crippen molar-refractivity contribution in [3.63, 3.8) is 0 Å². The number of nitrogens with zero attached hydrogens (tertiary/aromatic N) is 1. The largest absolute Gasteiger partial charge is 0.384 e. The molecule has 0 unspecified atom stereocenters. The van der Waals surface area contributed by atoms with Crippen LogP contribution in [0.5, 0.6) is 0 Å². The quantitative estimate of drug-likeness (QED) is 0.715. The molecule has 0 fully saturated rings. The summed E-state index contributed by atoms with van der Waals surface area (Å²) in [5, 5.41) is 13.9. The summed E-state index contributed by atoms with van der Waals surface area (Å²) in [5.74, 6) is 5.09. The van der Waals surface area contributed by atoms with Gasteiger partial charge in [-0.15, -0.1) is 11.3 Å². The minimum atomic E-state index is -0.230. The number of carbonyl (C=O) groups excluding carboxylic acids is 1. The number of nitrogens with one attached hydrogen (secondary N) is 1. The fourth-order valence-electron chi connectivity index (χ4n) is 1.80. The standard InChI is InChI=1S/C15H10N2O2S2/c18-8-3-4-10-7-9-20-13(10)14(19)17-15-16-11-5-1-2-6-12(11)21-15/h1-2,5-7,9,18H,8H2,(H,16,17,19). The number of fused-ring (bicyclic) bond motifs is 1. The number of aliphatic hydroxyl groups excluding tert-OH is 1. The van der Waals surface area contributed by atoms with Gasteiger partial charge in [-0.2, -0.15) is 0 Å². The molecule has 21 heavy (non-hydrogen) atoms. The third-order valence-corrected chi connectivity index (χ3v) is 4.55. The summed E-state index contributed by atoms with van der Waals surface area (Å²) >= 11 is 2.75. The van der Waals surface area contributed by atoms with Crippen LogP contribution in [0.1, 0.15) is 15.2 Å². The van der Waals surface area contributed by atoms with E-state index in [1.54, 1.807) is 11.4 Å². The van der Waals surface area contributed by atoms with Crippen LogP contribution in [0.25, 0.3) is 10.2 Å². The Bertz CT molecular complexity index is 822. The van der Waals surface area contributed by atoms with E-state index in [1.165, 1.54) is 22.7 Å². The zero-order valence-corrected chi connectivity index (χ0v) is 12.4. The summed E-state index contributed by atoms with van der Waals surface area (Å²) in [6.07, 6.45) is 0. The highest BCUT2D eigenvalue weighted by atomic mass is 32.1. The van der Waals surface area contributed by atoms with Crippen molar-refractivity contribution in [3.05, 3.63) is 46.2 Å². The number of para-hydroxylation sites is 1. The predicted molar refractivity (Wildman–Crippen MR) is 85.9 cm³/mol. The van der Waals surface area contributed by atoms with Crippen LogP contribution >= 0.6 is 22.7 Å². The molecule has 0 saturated carbocycles. The van der Waals surface area contributed by atoms with Crippen LogP contribution in [0.3, 0.4) is 0 Å². The van der Waals surface area contributed by atoms with Gasteiger partial charge < -0.3 is 5.11 Å². The summed E-state index contributed by atoms with van der Waals surface area (Å²) in [4.78, 5) is 17.2. The van der Waals surface area contributed by atoms with E-state index < -0.39 is 0 Å². The van der Waals surface area contributed by atoms with Crippen molar-refractivity contribution in [2.45, 2.75) is 0 Å². The summed E-state index contributed by atoms with van der Waals surface area (Å²) in [5.41, 5.74) is 1.48. The van der Waals surface area contributed by atoms with Crippen LogP contribution in [-0.4, -0.2) is 22.6 Å². The highest BCUT2D eigenvalue weighted by Gasteiger charge is 2.14. The Morgan fingerprint density at radius 2 is 2.19 bits per heavy atom. The number of benzene rings is 1. The number of thiophene rings is 1. The maximum absolute atomic E-state index is 12.3. The van der Waals surface area contributed by atoms with Crippen LogP contribution in [0.15, 0.2) is 35.7 Å². The molecule has 3 aromatic rings. The second-order valence-electron chi connectivity index (χ2n) is 4.06. The first kappa shape index (κ1) is 13.8. The molecule has 6 heteroatoms. The van der Waals surface area contributed by atoms with Crippen molar-refractivity contribution >= 4 is 43.9 Å². The SMILES string of the molecule is O=C(Nc1nc2ccccc2s1)c1sccc1C#CCO. The average Bonchev–Trinajstić information content (AvgIpc) is 3.10. The molecule has 0 radical (unpaired) electrons. The minimum Gasteiger partial charge on any atom is -0.384 e. The van der Waals surface area contributed by atoms with Gasteiger partial charge in [-0.05, 0) is 23.6 Å². The molecule has 1 amide bonds. The number of hydrogen-bond donors (Lipinski definition) is 2. The summed E-state index contributed by atoms with van der Waals surface area (Å²) in [6.45, 7) is -0.227. The van der Waals surface area contributed by atoms with E-state index in [2.05, 4.69) is 22.1 Å². The van der Waals surface area contributed by atoms with Crippen LogP contribution in [-0.2, 0) is 0 Å². The second-order valence-corrected chi connectivity index (χ2v) is 6.01. The molecule has 1 aromatic carbocycles. The van der Waals surface area contributed by atoms with Crippen molar-refractivity contribution in [2.24, 2.45) is 0 Å². The van der Waals surface area contributed by atoms with Gasteiger partial charge in [0.05, 0.1) is 10.2 Å². The monoisotopic (exact) mass is 314 g/mol. The van der Waals surface area contributed by atoms with E-state index in [9.17, 15) is 4.79 Å².